The summed E-state index contributed by atoms with van der Waals surface area (Å²) in [7, 11) is 0. The van der Waals surface area contributed by atoms with Crippen LogP contribution in [0.3, 0.4) is 0 Å². The van der Waals surface area contributed by atoms with Crippen molar-refractivity contribution in [2.75, 3.05) is 16.8 Å². The third kappa shape index (κ3) is 4.84. The van der Waals surface area contributed by atoms with E-state index < -0.39 is 0 Å². The highest BCUT2D eigenvalue weighted by molar-refractivity contribution is 14.1. The molecule has 1 aromatic heterocycles. The van der Waals surface area contributed by atoms with E-state index in [9.17, 15) is 0 Å². The van der Waals surface area contributed by atoms with Gasteiger partial charge in [0.05, 0.1) is 0 Å². The predicted octanol–water partition coefficient (Wildman–Crippen LogP) is 6.89. The molecule has 0 saturated carbocycles. The molecule has 0 spiro atoms. The highest BCUT2D eigenvalue weighted by atomic mass is 127. The van der Waals surface area contributed by atoms with Gasteiger partial charge in [-0.1, -0.05) is 81.1 Å². The lowest BCUT2D eigenvalue weighted by molar-refractivity contribution is 0.820. The first-order valence-corrected chi connectivity index (χ1v) is 13.6. The molecular formula is C25H28I2N4. The van der Waals surface area contributed by atoms with Gasteiger partial charge in [-0.2, -0.15) is 4.98 Å². The highest BCUT2D eigenvalue weighted by Gasteiger charge is 2.25. The van der Waals surface area contributed by atoms with Gasteiger partial charge in [0.25, 0.3) is 0 Å². The summed E-state index contributed by atoms with van der Waals surface area (Å²) in [6.07, 6.45) is 1.01. The lowest BCUT2D eigenvalue weighted by Crippen LogP contribution is -2.21. The number of anilines is 3. The lowest BCUT2D eigenvalue weighted by atomic mass is 10.1. The van der Waals surface area contributed by atoms with Crippen molar-refractivity contribution in [2.24, 2.45) is 0 Å². The zero-order valence-electron chi connectivity index (χ0n) is 18.5. The summed E-state index contributed by atoms with van der Waals surface area (Å²) < 4.78 is 2.08. The minimum Gasteiger partial charge on any atom is -0.352 e. The molecule has 4 nitrogen and oxygen atoms in total. The molecule has 2 aromatic carbocycles. The van der Waals surface area contributed by atoms with Gasteiger partial charge in [0.15, 0.2) is 0 Å². The molecule has 162 valence electrons. The van der Waals surface area contributed by atoms with Gasteiger partial charge in [-0.05, 0) is 61.9 Å². The summed E-state index contributed by atoms with van der Waals surface area (Å²) in [6.45, 7) is 10.4. The van der Waals surface area contributed by atoms with Crippen molar-refractivity contribution in [1.29, 1.82) is 0 Å². The Labute approximate surface area is 212 Å². The number of nitrogens with one attached hydrogen (secondary N) is 1. The molecule has 0 bridgehead atoms. The summed E-state index contributed by atoms with van der Waals surface area (Å²) in [5, 5.41) is 3.51. The van der Waals surface area contributed by atoms with Gasteiger partial charge in [0, 0.05) is 38.9 Å². The largest absolute Gasteiger partial charge is 0.352 e. The molecular weight excluding hydrogens is 610 g/mol. The SMILES string of the molecule is Cc1cc(C)c(Nc2nc(C)c3c(n2)N(Cc2ccc(CI)cc2CI)CC3)c(C)c1. The maximum absolute atomic E-state index is 4.98. The minimum absolute atomic E-state index is 0.688. The van der Waals surface area contributed by atoms with Crippen LogP contribution in [-0.4, -0.2) is 16.5 Å². The van der Waals surface area contributed by atoms with Crippen LogP contribution < -0.4 is 10.2 Å². The molecule has 0 saturated heterocycles. The second-order valence-electron chi connectivity index (χ2n) is 8.38. The van der Waals surface area contributed by atoms with Gasteiger partial charge < -0.3 is 10.2 Å². The summed E-state index contributed by atoms with van der Waals surface area (Å²) >= 11 is 4.91. The Hall–Kier alpha value is -1.42. The molecule has 4 rings (SSSR count). The average molecular weight is 638 g/mol. The Morgan fingerprint density at radius 3 is 2.35 bits per heavy atom. The fourth-order valence-electron chi connectivity index (χ4n) is 4.43. The van der Waals surface area contributed by atoms with Crippen LogP contribution in [0.5, 0.6) is 0 Å². The first kappa shape index (κ1) is 22.8. The van der Waals surface area contributed by atoms with Crippen molar-refractivity contribution >= 4 is 62.6 Å². The van der Waals surface area contributed by atoms with Crippen LogP contribution in [0.25, 0.3) is 0 Å². The molecule has 6 heteroatoms. The van der Waals surface area contributed by atoms with Crippen LogP contribution in [-0.2, 0) is 21.8 Å². The second kappa shape index (κ2) is 9.60. The molecule has 1 N–H and O–H groups in total. The van der Waals surface area contributed by atoms with Gasteiger partial charge in [0.2, 0.25) is 5.95 Å². The van der Waals surface area contributed by atoms with E-state index in [0.717, 1.165) is 45.6 Å². The Kier molecular flexibility index (Phi) is 7.05. The Morgan fingerprint density at radius 1 is 0.935 bits per heavy atom. The normalized spacial score (nSPS) is 12.9. The Balaban J connectivity index is 1.64. The molecule has 0 amide bonds. The number of halogens is 2. The average Bonchev–Trinajstić information content (AvgIpc) is 3.14. The molecule has 0 aliphatic carbocycles. The topological polar surface area (TPSA) is 41.1 Å². The summed E-state index contributed by atoms with van der Waals surface area (Å²) in [4.78, 5) is 12.2. The minimum atomic E-state index is 0.688. The zero-order valence-corrected chi connectivity index (χ0v) is 22.8. The van der Waals surface area contributed by atoms with Crippen LogP contribution >= 0.6 is 45.2 Å². The molecule has 0 radical (unpaired) electrons. The molecule has 1 aliphatic rings. The first-order chi connectivity index (χ1) is 14.9. The van der Waals surface area contributed by atoms with Gasteiger partial charge in [-0.15, -0.1) is 0 Å². The van der Waals surface area contributed by atoms with Gasteiger partial charge in [0.1, 0.15) is 5.82 Å². The van der Waals surface area contributed by atoms with Gasteiger partial charge >= 0.3 is 0 Å². The third-order valence-corrected chi connectivity index (χ3v) is 7.67. The van der Waals surface area contributed by atoms with Crippen molar-refractivity contribution < 1.29 is 0 Å². The number of benzene rings is 2. The molecule has 0 fully saturated rings. The predicted molar refractivity (Wildman–Crippen MR) is 147 cm³/mol. The summed E-state index contributed by atoms with van der Waals surface area (Å²) in [5.41, 5.74) is 11.4. The molecule has 31 heavy (non-hydrogen) atoms. The van der Waals surface area contributed by atoms with Crippen molar-refractivity contribution in [1.82, 2.24) is 9.97 Å². The molecule has 1 aliphatic heterocycles. The van der Waals surface area contributed by atoms with E-state index in [0.29, 0.717) is 5.95 Å². The Bertz CT molecular complexity index is 1100. The van der Waals surface area contributed by atoms with E-state index >= 15 is 0 Å². The fourth-order valence-corrected chi connectivity index (χ4v) is 5.62. The molecule has 2 heterocycles. The lowest BCUT2D eigenvalue weighted by Gasteiger charge is -2.21. The van der Waals surface area contributed by atoms with Crippen LogP contribution in [0.15, 0.2) is 30.3 Å². The maximum Gasteiger partial charge on any atom is 0.229 e. The highest BCUT2D eigenvalue weighted by Crippen LogP contribution is 2.33. The standard InChI is InChI=1S/C25H28I2N4/c1-15-9-16(2)23(17(3)10-15)29-25-28-18(4)22-7-8-31(24(22)30-25)14-20-6-5-19(12-26)11-21(20)13-27/h5-6,9-11H,7-8,12-14H2,1-4H3,(H,28,29,30). The number of alkyl halides is 2. The Morgan fingerprint density at radius 2 is 1.68 bits per heavy atom. The van der Waals surface area contributed by atoms with Crippen LogP contribution in [0, 0.1) is 27.7 Å². The van der Waals surface area contributed by atoms with Crippen molar-refractivity contribution in [2.45, 2.75) is 49.5 Å². The number of fused-ring (bicyclic) bond motifs is 1. The van der Waals surface area contributed by atoms with E-state index in [-0.39, 0.29) is 0 Å². The number of hydrogen-bond donors (Lipinski definition) is 1. The van der Waals surface area contributed by atoms with Gasteiger partial charge in [-0.25, -0.2) is 4.98 Å². The number of nitrogens with zero attached hydrogens (tertiary/aromatic N) is 3. The summed E-state index contributed by atoms with van der Waals surface area (Å²) in [5.74, 6) is 1.77. The second-order valence-corrected chi connectivity index (χ2v) is 9.90. The first-order valence-electron chi connectivity index (χ1n) is 10.6. The van der Waals surface area contributed by atoms with E-state index in [4.69, 9.17) is 9.97 Å². The zero-order chi connectivity index (χ0) is 22.1. The molecule has 0 atom stereocenters. The molecule has 0 unspecified atom stereocenters. The van der Waals surface area contributed by atoms with Crippen molar-refractivity contribution in [3.05, 3.63) is 75.0 Å². The maximum atomic E-state index is 4.98. The quantitative estimate of drug-likeness (QED) is 0.236. The smallest absolute Gasteiger partial charge is 0.229 e. The fraction of sp³-hybridized carbons (Fsp3) is 0.360. The van der Waals surface area contributed by atoms with Crippen LogP contribution in [0.2, 0.25) is 0 Å². The van der Waals surface area contributed by atoms with E-state index in [2.05, 4.69) is 113 Å². The molecule has 3 aromatic rings. The van der Waals surface area contributed by atoms with Crippen molar-refractivity contribution in [3.8, 4) is 0 Å². The van der Waals surface area contributed by atoms with Gasteiger partial charge in [-0.3, -0.25) is 0 Å². The number of hydrogen-bond acceptors (Lipinski definition) is 4. The third-order valence-electron chi connectivity index (χ3n) is 5.97. The van der Waals surface area contributed by atoms with E-state index in [1.165, 1.54) is 38.9 Å². The van der Waals surface area contributed by atoms with Crippen LogP contribution in [0.4, 0.5) is 17.5 Å². The van der Waals surface area contributed by atoms with E-state index in [1.54, 1.807) is 0 Å². The number of aryl methyl sites for hydroxylation is 4. The van der Waals surface area contributed by atoms with E-state index in [1.807, 2.05) is 0 Å². The monoisotopic (exact) mass is 638 g/mol. The van der Waals surface area contributed by atoms with Crippen molar-refractivity contribution in [3.63, 3.8) is 0 Å². The number of aromatic nitrogens is 2. The summed E-state index contributed by atoms with van der Waals surface area (Å²) in [6, 6.07) is 11.3. The number of rotatable bonds is 6. The van der Waals surface area contributed by atoms with Crippen LogP contribution in [0.1, 0.15) is 44.6 Å².